The van der Waals surface area contributed by atoms with Crippen LogP contribution in [0, 0.1) is 0 Å². The number of sulfonamides is 1. The summed E-state index contributed by atoms with van der Waals surface area (Å²) in [5, 5.41) is 10.7. The molecule has 0 aliphatic rings. The predicted molar refractivity (Wildman–Crippen MR) is 114 cm³/mol. The van der Waals surface area contributed by atoms with Crippen LogP contribution >= 0.6 is 15.9 Å². The van der Waals surface area contributed by atoms with Gasteiger partial charge in [0.2, 0.25) is 10.0 Å². The number of rotatable bonds is 4. The monoisotopic (exact) mass is 460 g/mol. The molecular formula is C19H17BrN4O3S. The van der Waals surface area contributed by atoms with Crippen LogP contribution in [0.3, 0.4) is 0 Å². The number of amides is 2. The molecule has 0 spiro atoms. The van der Waals surface area contributed by atoms with Gasteiger partial charge in [0.25, 0.3) is 0 Å². The van der Waals surface area contributed by atoms with Crippen molar-refractivity contribution < 1.29 is 13.2 Å². The fourth-order valence-electron chi connectivity index (χ4n) is 2.65. The maximum absolute atomic E-state index is 12.4. The fourth-order valence-corrected chi connectivity index (χ4v) is 3.55. The lowest BCUT2D eigenvalue weighted by Crippen LogP contribution is -2.20. The molecule has 144 valence electrons. The molecule has 0 aliphatic heterocycles. The largest absolute Gasteiger partial charge is 0.398 e. The van der Waals surface area contributed by atoms with Gasteiger partial charge < -0.3 is 16.4 Å². The minimum Gasteiger partial charge on any atom is -0.398 e. The van der Waals surface area contributed by atoms with Crippen molar-refractivity contribution in [3.63, 3.8) is 0 Å². The number of anilines is 3. The van der Waals surface area contributed by atoms with Crippen molar-refractivity contribution in [1.82, 2.24) is 0 Å². The van der Waals surface area contributed by atoms with Gasteiger partial charge in [-0.3, -0.25) is 0 Å². The molecule has 2 amide bonds. The number of nitrogens with one attached hydrogen (secondary N) is 2. The summed E-state index contributed by atoms with van der Waals surface area (Å²) >= 11 is 3.37. The lowest BCUT2D eigenvalue weighted by Gasteiger charge is -2.15. The third-order valence-electron chi connectivity index (χ3n) is 3.94. The van der Waals surface area contributed by atoms with Crippen LogP contribution in [0.4, 0.5) is 21.9 Å². The number of halogens is 1. The van der Waals surface area contributed by atoms with Gasteiger partial charge in [-0.05, 0) is 57.9 Å². The molecule has 0 saturated carbocycles. The third kappa shape index (κ3) is 4.50. The minimum atomic E-state index is -3.80. The summed E-state index contributed by atoms with van der Waals surface area (Å²) in [5.41, 5.74) is 8.85. The maximum atomic E-state index is 12.4. The standard InChI is InChI=1S/C19H17BrN4O3S/c20-14-4-1-2-6-16(14)23-19(25)24-17-7-3-5-15(21)18(17)12-8-10-13(11-9-12)28(22,26)27/h1-11H,21H2,(H2,22,26,27)(H2,23,24,25). The van der Waals surface area contributed by atoms with Gasteiger partial charge in [-0.1, -0.05) is 30.3 Å². The van der Waals surface area contributed by atoms with Crippen molar-refractivity contribution in [3.8, 4) is 11.1 Å². The fraction of sp³-hybridized carbons (Fsp3) is 0. The molecule has 3 rings (SSSR count). The van der Waals surface area contributed by atoms with E-state index in [1.165, 1.54) is 12.1 Å². The quantitative estimate of drug-likeness (QED) is 0.438. The molecule has 0 atom stereocenters. The molecule has 0 aliphatic carbocycles. The van der Waals surface area contributed by atoms with Gasteiger partial charge in [-0.2, -0.15) is 0 Å². The Labute approximate surface area is 170 Å². The first-order chi connectivity index (χ1) is 13.3. The molecule has 0 saturated heterocycles. The molecule has 0 aromatic heterocycles. The van der Waals surface area contributed by atoms with Crippen molar-refractivity contribution >= 4 is 49.0 Å². The van der Waals surface area contributed by atoms with Crippen LogP contribution in [0.5, 0.6) is 0 Å². The predicted octanol–water partition coefficient (Wildman–Crippen LogP) is 3.99. The highest BCUT2D eigenvalue weighted by Gasteiger charge is 2.14. The number of carbonyl (C=O) groups is 1. The highest BCUT2D eigenvalue weighted by Crippen LogP contribution is 2.34. The normalized spacial score (nSPS) is 11.1. The zero-order chi connectivity index (χ0) is 20.3. The summed E-state index contributed by atoms with van der Waals surface area (Å²) in [5.74, 6) is 0. The molecular weight excluding hydrogens is 444 g/mol. The number of hydrogen-bond acceptors (Lipinski definition) is 4. The molecule has 7 nitrogen and oxygen atoms in total. The highest BCUT2D eigenvalue weighted by atomic mass is 79.9. The van der Waals surface area contributed by atoms with Gasteiger partial charge in [0.05, 0.1) is 16.3 Å². The van der Waals surface area contributed by atoms with E-state index in [0.29, 0.717) is 28.2 Å². The second-order valence-electron chi connectivity index (χ2n) is 5.90. The van der Waals surface area contributed by atoms with Crippen LogP contribution in [0.2, 0.25) is 0 Å². The number of nitrogens with two attached hydrogens (primary N) is 2. The summed E-state index contributed by atoms with van der Waals surface area (Å²) in [6.07, 6.45) is 0. The zero-order valence-corrected chi connectivity index (χ0v) is 16.9. The van der Waals surface area contributed by atoms with Gasteiger partial charge in [-0.25, -0.2) is 18.4 Å². The number of nitrogen functional groups attached to an aromatic ring is 1. The molecule has 9 heteroatoms. The molecule has 0 bridgehead atoms. The van der Waals surface area contributed by atoms with E-state index in [9.17, 15) is 13.2 Å². The Morgan fingerprint density at radius 2 is 1.46 bits per heavy atom. The highest BCUT2D eigenvalue weighted by molar-refractivity contribution is 9.10. The second-order valence-corrected chi connectivity index (χ2v) is 8.31. The number of carbonyl (C=O) groups excluding carboxylic acids is 1. The van der Waals surface area contributed by atoms with E-state index in [-0.39, 0.29) is 4.90 Å². The van der Waals surface area contributed by atoms with Crippen LogP contribution in [-0.2, 0) is 10.0 Å². The summed E-state index contributed by atoms with van der Waals surface area (Å²) in [6, 6.07) is 17.8. The van der Waals surface area contributed by atoms with E-state index in [1.807, 2.05) is 12.1 Å². The van der Waals surface area contributed by atoms with Gasteiger partial charge >= 0.3 is 6.03 Å². The molecule has 0 heterocycles. The van der Waals surface area contributed by atoms with E-state index in [0.717, 1.165) is 4.47 Å². The lowest BCUT2D eigenvalue weighted by molar-refractivity contribution is 0.262. The van der Waals surface area contributed by atoms with E-state index in [2.05, 4.69) is 26.6 Å². The average molecular weight is 461 g/mol. The molecule has 3 aromatic rings. The van der Waals surface area contributed by atoms with Crippen molar-refractivity contribution in [1.29, 1.82) is 0 Å². The van der Waals surface area contributed by atoms with Gasteiger partial charge in [0.15, 0.2) is 0 Å². The third-order valence-corrected chi connectivity index (χ3v) is 5.56. The number of para-hydroxylation sites is 1. The number of benzene rings is 3. The molecule has 6 N–H and O–H groups in total. The Morgan fingerprint density at radius 3 is 2.11 bits per heavy atom. The van der Waals surface area contributed by atoms with Crippen molar-refractivity contribution in [2.45, 2.75) is 4.90 Å². The van der Waals surface area contributed by atoms with E-state index in [4.69, 9.17) is 10.9 Å². The second kappa shape index (κ2) is 8.01. The minimum absolute atomic E-state index is 0.00747. The van der Waals surface area contributed by atoms with E-state index < -0.39 is 16.1 Å². The Balaban J connectivity index is 1.90. The number of urea groups is 1. The topological polar surface area (TPSA) is 127 Å². The Bertz CT molecular complexity index is 1130. The van der Waals surface area contributed by atoms with Gasteiger partial charge in [-0.15, -0.1) is 0 Å². The molecule has 28 heavy (non-hydrogen) atoms. The van der Waals surface area contributed by atoms with Crippen LogP contribution in [0.25, 0.3) is 11.1 Å². The first-order valence-electron chi connectivity index (χ1n) is 8.10. The van der Waals surface area contributed by atoms with Crippen LogP contribution in [-0.4, -0.2) is 14.4 Å². The smallest absolute Gasteiger partial charge is 0.323 e. The summed E-state index contributed by atoms with van der Waals surface area (Å²) in [7, 11) is -3.80. The molecule has 0 fully saturated rings. The lowest BCUT2D eigenvalue weighted by atomic mass is 10.0. The Kier molecular flexibility index (Phi) is 5.68. The van der Waals surface area contributed by atoms with E-state index in [1.54, 1.807) is 42.5 Å². The number of hydrogen-bond donors (Lipinski definition) is 4. The van der Waals surface area contributed by atoms with Crippen LogP contribution < -0.4 is 21.5 Å². The van der Waals surface area contributed by atoms with Crippen molar-refractivity contribution in [3.05, 3.63) is 71.2 Å². The van der Waals surface area contributed by atoms with Gasteiger partial charge in [0, 0.05) is 15.7 Å². The SMILES string of the molecule is Nc1cccc(NC(=O)Nc2ccccc2Br)c1-c1ccc(S(N)(=O)=O)cc1. The summed E-state index contributed by atoms with van der Waals surface area (Å²) in [4.78, 5) is 12.4. The first-order valence-corrected chi connectivity index (χ1v) is 10.4. The van der Waals surface area contributed by atoms with Crippen molar-refractivity contribution in [2.75, 3.05) is 16.4 Å². The van der Waals surface area contributed by atoms with E-state index >= 15 is 0 Å². The molecule has 0 unspecified atom stereocenters. The Hall–Kier alpha value is -2.88. The molecule has 0 radical (unpaired) electrons. The van der Waals surface area contributed by atoms with Crippen LogP contribution in [0.1, 0.15) is 0 Å². The van der Waals surface area contributed by atoms with Crippen molar-refractivity contribution in [2.24, 2.45) is 5.14 Å². The Morgan fingerprint density at radius 1 is 0.857 bits per heavy atom. The molecule has 3 aromatic carbocycles. The summed E-state index contributed by atoms with van der Waals surface area (Å²) in [6.45, 7) is 0. The number of primary sulfonamides is 1. The maximum Gasteiger partial charge on any atom is 0.323 e. The first kappa shape index (κ1) is 19.9. The average Bonchev–Trinajstić information content (AvgIpc) is 2.63. The zero-order valence-electron chi connectivity index (χ0n) is 14.5. The van der Waals surface area contributed by atoms with Crippen LogP contribution in [0.15, 0.2) is 76.1 Å². The van der Waals surface area contributed by atoms with Gasteiger partial charge in [0.1, 0.15) is 0 Å². The summed E-state index contributed by atoms with van der Waals surface area (Å²) < 4.78 is 23.6.